The Morgan fingerprint density at radius 3 is 2.67 bits per heavy atom. The molecule has 1 atom stereocenters. The number of H-pyrrole nitrogens is 1. The highest BCUT2D eigenvalue weighted by atomic mass is 35.5. The van der Waals surface area contributed by atoms with Crippen LogP contribution in [0.4, 0.5) is 4.39 Å². The zero-order valence-electron chi connectivity index (χ0n) is 16.6. The zero-order chi connectivity index (χ0) is 22.3. The third-order valence-electron chi connectivity index (χ3n) is 4.71. The van der Waals surface area contributed by atoms with Gasteiger partial charge in [0.25, 0.3) is 5.91 Å². The number of aromatic nitrogens is 2. The number of carbonyl (C=O) groups excluding carboxylic acids is 2. The average molecular weight is 431 g/mol. The van der Waals surface area contributed by atoms with Crippen LogP contribution in [0.1, 0.15) is 36.5 Å². The van der Waals surface area contributed by atoms with E-state index in [1.54, 1.807) is 18.2 Å². The Hall–Kier alpha value is -3.19. The number of hydrogen-bond donors (Lipinski definition) is 3. The third-order valence-corrected chi connectivity index (χ3v) is 5.03. The molecule has 0 saturated heterocycles. The fourth-order valence-electron chi connectivity index (χ4n) is 3.19. The van der Waals surface area contributed by atoms with Crippen molar-refractivity contribution in [3.63, 3.8) is 0 Å². The van der Waals surface area contributed by atoms with Gasteiger partial charge in [-0.3, -0.25) is 14.7 Å². The first-order valence-electron chi connectivity index (χ1n) is 9.32. The Morgan fingerprint density at radius 2 is 2.07 bits per heavy atom. The molecule has 6 nitrogen and oxygen atoms in total. The number of amides is 2. The van der Waals surface area contributed by atoms with Gasteiger partial charge in [0.15, 0.2) is 0 Å². The van der Waals surface area contributed by atoms with Crippen LogP contribution in [0.15, 0.2) is 65.4 Å². The van der Waals surface area contributed by atoms with Gasteiger partial charge in [-0.15, -0.1) is 0 Å². The molecule has 3 rings (SSSR count). The van der Waals surface area contributed by atoms with E-state index in [-0.39, 0.29) is 23.0 Å². The first-order chi connectivity index (χ1) is 14.2. The van der Waals surface area contributed by atoms with Gasteiger partial charge < -0.3 is 11.5 Å². The molecule has 1 unspecified atom stereocenters. The highest BCUT2D eigenvalue weighted by molar-refractivity contribution is 6.31. The molecule has 1 aliphatic rings. The molecule has 1 aromatic heterocycles. The van der Waals surface area contributed by atoms with Crippen molar-refractivity contribution in [3.8, 4) is 11.3 Å². The van der Waals surface area contributed by atoms with Crippen molar-refractivity contribution in [2.24, 2.45) is 17.4 Å². The molecule has 0 bridgehead atoms. The minimum Gasteiger partial charge on any atom is -0.370 e. The van der Waals surface area contributed by atoms with Gasteiger partial charge in [-0.25, -0.2) is 4.39 Å². The second kappa shape index (κ2) is 10.5. The normalized spacial score (nSPS) is 17.6. The Kier molecular flexibility index (Phi) is 8.12. The maximum atomic E-state index is 13.4. The molecular weight excluding hydrogens is 407 g/mol. The number of allylic oxidation sites excluding steroid dienone is 5. The minimum atomic E-state index is -0.637. The highest BCUT2D eigenvalue weighted by Crippen LogP contribution is 2.37. The van der Waals surface area contributed by atoms with Crippen molar-refractivity contribution in [3.05, 3.63) is 76.8 Å². The van der Waals surface area contributed by atoms with Gasteiger partial charge in [-0.2, -0.15) is 5.10 Å². The summed E-state index contributed by atoms with van der Waals surface area (Å²) >= 11 is 5.94. The smallest absolute Gasteiger partial charge is 0.252 e. The summed E-state index contributed by atoms with van der Waals surface area (Å²) in [6, 6.07) is 6.10. The molecule has 1 aromatic carbocycles. The minimum absolute atomic E-state index is 0.181. The van der Waals surface area contributed by atoms with Gasteiger partial charge in [-0.05, 0) is 49.5 Å². The number of halogens is 2. The van der Waals surface area contributed by atoms with E-state index in [0.717, 1.165) is 24.0 Å². The van der Waals surface area contributed by atoms with E-state index in [0.29, 0.717) is 17.1 Å². The van der Waals surface area contributed by atoms with E-state index < -0.39 is 11.7 Å². The Labute approximate surface area is 179 Å². The molecule has 5 N–H and O–H groups in total. The van der Waals surface area contributed by atoms with Crippen molar-refractivity contribution in [1.82, 2.24) is 10.2 Å². The van der Waals surface area contributed by atoms with Crippen LogP contribution in [0.3, 0.4) is 0 Å². The molecule has 8 heteroatoms. The second-order valence-corrected chi connectivity index (χ2v) is 7.22. The largest absolute Gasteiger partial charge is 0.370 e. The lowest BCUT2D eigenvalue weighted by Gasteiger charge is -2.09. The van der Waals surface area contributed by atoms with Crippen molar-refractivity contribution < 1.29 is 14.0 Å². The fourth-order valence-corrected chi connectivity index (χ4v) is 3.30. The lowest BCUT2D eigenvalue weighted by Crippen LogP contribution is -2.15. The standard InChI is InChI=1S/C12H16ClNO.C10H8FN3O/c1-3-10(13)7-11-8(2)4-5-9(11)6-12(14)15;11-8-4-2-1-3-6(8)9-7(10(12)15)5-13-14-9/h3,7,9H,2,4-6H2,1H3,(H2,14,15);1-5H,(H2,12,15)(H,13,14)/b10-3+,11-7+;. The molecule has 1 heterocycles. The van der Waals surface area contributed by atoms with E-state index in [4.69, 9.17) is 23.1 Å². The van der Waals surface area contributed by atoms with Gasteiger partial charge in [0.05, 0.1) is 17.5 Å². The van der Waals surface area contributed by atoms with E-state index >= 15 is 0 Å². The van der Waals surface area contributed by atoms with Gasteiger partial charge in [0.2, 0.25) is 5.91 Å². The van der Waals surface area contributed by atoms with E-state index in [2.05, 4.69) is 16.8 Å². The van der Waals surface area contributed by atoms with Gasteiger partial charge in [-0.1, -0.05) is 42.0 Å². The lowest BCUT2D eigenvalue weighted by atomic mass is 9.97. The summed E-state index contributed by atoms with van der Waals surface area (Å²) in [6.45, 7) is 5.85. The van der Waals surface area contributed by atoms with Crippen molar-refractivity contribution in [2.75, 3.05) is 0 Å². The van der Waals surface area contributed by atoms with Crippen LogP contribution in [0.25, 0.3) is 11.3 Å². The number of primary amides is 2. The number of aromatic amines is 1. The zero-order valence-corrected chi connectivity index (χ0v) is 17.4. The molecule has 0 spiro atoms. The number of carbonyl (C=O) groups is 2. The second-order valence-electron chi connectivity index (χ2n) is 6.79. The van der Waals surface area contributed by atoms with E-state index in [9.17, 15) is 14.0 Å². The molecule has 0 aliphatic heterocycles. The Bertz CT molecular complexity index is 1010. The van der Waals surface area contributed by atoms with E-state index in [1.807, 2.05) is 19.1 Å². The lowest BCUT2D eigenvalue weighted by molar-refractivity contribution is -0.118. The SMILES string of the molecule is C=C1CCC(CC(N)=O)/C1=C/C(Cl)=C\C.NC(=O)c1cn[nH]c1-c1ccccc1F. The molecule has 2 aromatic rings. The summed E-state index contributed by atoms with van der Waals surface area (Å²) in [5, 5.41) is 6.90. The molecule has 1 aliphatic carbocycles. The first-order valence-corrected chi connectivity index (χ1v) is 9.70. The summed E-state index contributed by atoms with van der Waals surface area (Å²) in [5.41, 5.74) is 13.2. The van der Waals surface area contributed by atoms with Crippen LogP contribution >= 0.6 is 11.6 Å². The summed E-state index contributed by atoms with van der Waals surface area (Å²) in [6.07, 6.45) is 7.26. The van der Waals surface area contributed by atoms with Crippen LogP contribution in [0.2, 0.25) is 0 Å². The maximum Gasteiger partial charge on any atom is 0.252 e. The highest BCUT2D eigenvalue weighted by Gasteiger charge is 2.25. The molecule has 1 fully saturated rings. The molecule has 158 valence electrons. The van der Waals surface area contributed by atoms with Crippen LogP contribution < -0.4 is 11.5 Å². The molecule has 2 amide bonds. The number of benzene rings is 1. The van der Waals surface area contributed by atoms with Crippen LogP contribution in [0, 0.1) is 11.7 Å². The number of nitrogens with one attached hydrogen (secondary N) is 1. The van der Waals surface area contributed by atoms with Crippen LogP contribution in [-0.4, -0.2) is 22.0 Å². The number of nitrogens with two attached hydrogens (primary N) is 2. The van der Waals surface area contributed by atoms with Gasteiger partial charge in [0, 0.05) is 17.0 Å². The monoisotopic (exact) mass is 430 g/mol. The third kappa shape index (κ3) is 5.90. The first kappa shape index (κ1) is 23.1. The maximum absolute atomic E-state index is 13.4. The molecular formula is C22H24ClFN4O2. The predicted molar refractivity (Wildman–Crippen MR) is 116 cm³/mol. The van der Waals surface area contributed by atoms with Crippen LogP contribution in [-0.2, 0) is 4.79 Å². The van der Waals surface area contributed by atoms with Crippen molar-refractivity contribution in [2.45, 2.75) is 26.2 Å². The number of hydrogen-bond acceptors (Lipinski definition) is 3. The summed E-state index contributed by atoms with van der Waals surface area (Å²) in [4.78, 5) is 21.9. The quantitative estimate of drug-likeness (QED) is 0.659. The number of rotatable bonds is 5. The Morgan fingerprint density at radius 1 is 1.37 bits per heavy atom. The molecule has 1 saturated carbocycles. The van der Waals surface area contributed by atoms with E-state index in [1.165, 1.54) is 12.3 Å². The predicted octanol–water partition coefficient (Wildman–Crippen LogP) is 4.21. The summed E-state index contributed by atoms with van der Waals surface area (Å²) in [7, 11) is 0. The average Bonchev–Trinajstić information content (AvgIpc) is 3.31. The Balaban J connectivity index is 0.000000214. The van der Waals surface area contributed by atoms with Gasteiger partial charge >= 0.3 is 0 Å². The van der Waals surface area contributed by atoms with Crippen molar-refractivity contribution in [1.29, 1.82) is 0 Å². The fraction of sp³-hybridized carbons (Fsp3) is 0.227. The summed E-state index contributed by atoms with van der Waals surface area (Å²) < 4.78 is 13.4. The van der Waals surface area contributed by atoms with Crippen molar-refractivity contribution >= 4 is 23.4 Å². The summed E-state index contributed by atoms with van der Waals surface area (Å²) in [5.74, 6) is -1.13. The number of nitrogens with zero attached hydrogens (tertiary/aromatic N) is 1. The topological polar surface area (TPSA) is 115 Å². The molecule has 30 heavy (non-hydrogen) atoms. The van der Waals surface area contributed by atoms with Crippen LogP contribution in [0.5, 0.6) is 0 Å². The molecule has 0 radical (unpaired) electrons. The van der Waals surface area contributed by atoms with Gasteiger partial charge in [0.1, 0.15) is 5.82 Å².